The highest BCUT2D eigenvalue weighted by Crippen LogP contribution is 2.32. The summed E-state index contributed by atoms with van der Waals surface area (Å²) < 4.78 is 1.89. The number of aliphatic hydroxyl groups excluding tert-OH is 1. The van der Waals surface area contributed by atoms with Crippen LogP contribution in [0.25, 0.3) is 26.1 Å². The summed E-state index contributed by atoms with van der Waals surface area (Å²) in [5, 5.41) is 22.1. The molecule has 0 aliphatic carbocycles. The molecule has 0 atom stereocenters. The third kappa shape index (κ3) is 2.59. The predicted octanol–water partition coefficient (Wildman–Crippen LogP) is 1.50. The number of benzene rings is 1. The molecule has 25 heavy (non-hydrogen) atoms. The molecule has 1 aromatic carbocycles. The minimum absolute atomic E-state index is 0.0331. The van der Waals surface area contributed by atoms with Crippen molar-refractivity contribution in [3.8, 4) is 11.4 Å². The zero-order valence-electron chi connectivity index (χ0n) is 12.9. The number of aliphatic hydroxyl groups is 1. The van der Waals surface area contributed by atoms with Crippen molar-refractivity contribution in [2.24, 2.45) is 0 Å². The highest BCUT2D eigenvalue weighted by Gasteiger charge is 2.16. The Balaban J connectivity index is 1.95. The van der Waals surface area contributed by atoms with Crippen molar-refractivity contribution in [3.63, 3.8) is 0 Å². The van der Waals surface area contributed by atoms with Crippen LogP contribution >= 0.6 is 11.3 Å². The lowest BCUT2D eigenvalue weighted by atomic mass is 10.3. The summed E-state index contributed by atoms with van der Waals surface area (Å²) in [5.74, 6) is 0.669. The van der Waals surface area contributed by atoms with E-state index in [9.17, 15) is 9.90 Å². The molecule has 0 bridgehead atoms. The number of nitrogens with zero attached hydrogens (tertiary/aromatic N) is 4. The number of aromatic hydroxyl groups is 1. The minimum atomic E-state index is -0.216. The summed E-state index contributed by atoms with van der Waals surface area (Å²) in [5.41, 5.74) is 0.923. The van der Waals surface area contributed by atoms with Crippen LogP contribution in [0.15, 0.2) is 41.7 Å². The summed E-state index contributed by atoms with van der Waals surface area (Å²) in [4.78, 5) is 26.4. The van der Waals surface area contributed by atoms with Gasteiger partial charge >= 0.3 is 0 Å². The molecule has 4 rings (SSSR count). The highest BCUT2D eigenvalue weighted by molar-refractivity contribution is 7.25. The van der Waals surface area contributed by atoms with Crippen LogP contribution in [-0.4, -0.2) is 42.9 Å². The maximum Gasteiger partial charge on any atom is 0.275 e. The van der Waals surface area contributed by atoms with E-state index in [1.165, 1.54) is 40.7 Å². The van der Waals surface area contributed by atoms with Crippen molar-refractivity contribution in [1.82, 2.24) is 19.5 Å². The lowest BCUT2D eigenvalue weighted by Gasteiger charge is -2.06. The molecule has 3 N–H and O–H groups in total. The topological polar surface area (TPSA) is 113 Å². The van der Waals surface area contributed by atoms with E-state index in [1.807, 2.05) is 0 Å². The largest absolute Gasteiger partial charge is 0.508 e. The van der Waals surface area contributed by atoms with Gasteiger partial charge in [0.15, 0.2) is 0 Å². The van der Waals surface area contributed by atoms with Crippen molar-refractivity contribution in [3.05, 3.63) is 47.3 Å². The molecule has 0 aliphatic heterocycles. The second-order valence-electron chi connectivity index (χ2n) is 5.27. The first-order valence-electron chi connectivity index (χ1n) is 7.48. The number of rotatable bonds is 4. The second-order valence-corrected chi connectivity index (χ2v) is 6.27. The average Bonchev–Trinajstić information content (AvgIpc) is 3.01. The summed E-state index contributed by atoms with van der Waals surface area (Å²) in [6, 6.07) is 6.32. The SMILES string of the molecule is O=c1c2sc3ncnc(NCCO)c3c2ncn1-c1ccc(O)cc1. The number of nitrogens with one attached hydrogen (secondary N) is 1. The Bertz CT molecular complexity index is 1120. The Morgan fingerprint density at radius 2 is 1.96 bits per heavy atom. The normalized spacial score (nSPS) is 11.2. The number of thiophene rings is 1. The summed E-state index contributed by atoms with van der Waals surface area (Å²) >= 11 is 1.25. The van der Waals surface area contributed by atoms with E-state index in [0.29, 0.717) is 38.5 Å². The number of fused-ring (bicyclic) bond motifs is 3. The third-order valence-corrected chi connectivity index (χ3v) is 4.79. The molecular formula is C16H13N5O3S. The number of anilines is 1. The molecule has 3 heterocycles. The van der Waals surface area contributed by atoms with Gasteiger partial charge in [0.2, 0.25) is 0 Å². The molecule has 0 aliphatic rings. The van der Waals surface area contributed by atoms with E-state index < -0.39 is 0 Å². The maximum absolute atomic E-state index is 12.9. The standard InChI is InChI=1S/C16H13N5O3S/c22-6-5-17-14-11-12-13(25-15(11)19-7-18-14)16(24)21(8-20-12)9-1-3-10(23)4-2-9/h1-4,7-8,22-23H,5-6H2,(H,17,18,19). The Kier molecular flexibility index (Phi) is 3.79. The van der Waals surface area contributed by atoms with Crippen molar-refractivity contribution in [1.29, 1.82) is 0 Å². The van der Waals surface area contributed by atoms with Gasteiger partial charge in [0.05, 0.1) is 17.7 Å². The number of phenolic OH excluding ortho intramolecular Hbond substituents is 1. The van der Waals surface area contributed by atoms with Crippen molar-refractivity contribution < 1.29 is 10.2 Å². The molecule has 0 saturated carbocycles. The average molecular weight is 355 g/mol. The molecule has 3 aromatic heterocycles. The molecule has 0 unspecified atom stereocenters. The van der Waals surface area contributed by atoms with Crippen molar-refractivity contribution in [2.75, 3.05) is 18.5 Å². The molecule has 9 heteroatoms. The van der Waals surface area contributed by atoms with Gasteiger partial charge < -0.3 is 15.5 Å². The quantitative estimate of drug-likeness (QED) is 0.508. The monoisotopic (exact) mass is 355 g/mol. The van der Waals surface area contributed by atoms with E-state index in [1.54, 1.807) is 12.1 Å². The van der Waals surface area contributed by atoms with Crippen LogP contribution < -0.4 is 10.9 Å². The minimum Gasteiger partial charge on any atom is -0.508 e. The number of hydrogen-bond donors (Lipinski definition) is 3. The smallest absolute Gasteiger partial charge is 0.275 e. The first-order valence-corrected chi connectivity index (χ1v) is 8.29. The van der Waals surface area contributed by atoms with E-state index in [2.05, 4.69) is 20.3 Å². The van der Waals surface area contributed by atoms with Crippen LogP contribution in [0.1, 0.15) is 0 Å². The van der Waals surface area contributed by atoms with Gasteiger partial charge in [-0.2, -0.15) is 0 Å². The van der Waals surface area contributed by atoms with Crippen LogP contribution in [0, 0.1) is 0 Å². The summed E-state index contributed by atoms with van der Waals surface area (Å²) in [6.07, 6.45) is 2.86. The van der Waals surface area contributed by atoms with E-state index >= 15 is 0 Å². The second kappa shape index (κ2) is 6.11. The lowest BCUT2D eigenvalue weighted by molar-refractivity contribution is 0.311. The molecule has 0 radical (unpaired) electrons. The van der Waals surface area contributed by atoms with Crippen molar-refractivity contribution in [2.45, 2.75) is 0 Å². The number of aromatic nitrogens is 4. The number of phenols is 1. The fraction of sp³-hybridized carbons (Fsp3) is 0.125. The van der Waals surface area contributed by atoms with Crippen LogP contribution in [-0.2, 0) is 0 Å². The van der Waals surface area contributed by atoms with E-state index in [-0.39, 0.29) is 17.9 Å². The maximum atomic E-state index is 12.9. The first kappa shape index (κ1) is 15.5. The zero-order chi connectivity index (χ0) is 17.4. The Morgan fingerprint density at radius 1 is 1.16 bits per heavy atom. The summed E-state index contributed by atoms with van der Waals surface area (Å²) in [6.45, 7) is 0.308. The number of hydrogen-bond acceptors (Lipinski definition) is 8. The Hall–Kier alpha value is -3.04. The molecule has 0 amide bonds. The van der Waals surface area contributed by atoms with Crippen LogP contribution in [0.3, 0.4) is 0 Å². The van der Waals surface area contributed by atoms with Crippen LogP contribution in [0.4, 0.5) is 5.82 Å². The molecule has 8 nitrogen and oxygen atoms in total. The van der Waals surface area contributed by atoms with Gasteiger partial charge in [0.25, 0.3) is 5.56 Å². The van der Waals surface area contributed by atoms with Crippen LogP contribution in [0.5, 0.6) is 5.75 Å². The first-order chi connectivity index (χ1) is 12.2. The molecule has 0 spiro atoms. The fourth-order valence-corrected chi connectivity index (χ4v) is 3.60. The van der Waals surface area contributed by atoms with Gasteiger partial charge in [-0.05, 0) is 24.3 Å². The van der Waals surface area contributed by atoms with Gasteiger partial charge in [0.1, 0.15) is 39.3 Å². The van der Waals surface area contributed by atoms with Crippen LogP contribution in [0.2, 0.25) is 0 Å². The van der Waals surface area contributed by atoms with Gasteiger partial charge in [-0.1, -0.05) is 0 Å². The Labute approximate surface area is 145 Å². The molecule has 0 saturated heterocycles. The van der Waals surface area contributed by atoms with E-state index in [0.717, 1.165) is 0 Å². The molecule has 126 valence electrons. The van der Waals surface area contributed by atoms with Crippen molar-refractivity contribution >= 4 is 37.6 Å². The third-order valence-electron chi connectivity index (χ3n) is 3.71. The fourth-order valence-electron chi connectivity index (χ4n) is 2.57. The summed E-state index contributed by atoms with van der Waals surface area (Å²) in [7, 11) is 0. The van der Waals surface area contributed by atoms with E-state index in [4.69, 9.17) is 5.11 Å². The lowest BCUT2D eigenvalue weighted by Crippen LogP contribution is -2.17. The highest BCUT2D eigenvalue weighted by atomic mass is 32.1. The molecule has 0 fully saturated rings. The van der Waals surface area contributed by atoms with Gasteiger partial charge in [-0.15, -0.1) is 11.3 Å². The van der Waals surface area contributed by atoms with Gasteiger partial charge in [0, 0.05) is 6.54 Å². The van der Waals surface area contributed by atoms with Gasteiger partial charge in [-0.3, -0.25) is 9.36 Å². The molecular weight excluding hydrogens is 342 g/mol. The molecule has 4 aromatic rings. The van der Waals surface area contributed by atoms with Gasteiger partial charge in [-0.25, -0.2) is 15.0 Å². The zero-order valence-corrected chi connectivity index (χ0v) is 13.7. The Morgan fingerprint density at radius 3 is 2.72 bits per heavy atom. The predicted molar refractivity (Wildman–Crippen MR) is 95.6 cm³/mol.